The molecule has 5 heteroatoms. The molecule has 0 aliphatic carbocycles. The van der Waals surface area contributed by atoms with E-state index >= 15 is 0 Å². The fraction of sp³-hybridized carbons (Fsp3) is 0.368. The summed E-state index contributed by atoms with van der Waals surface area (Å²) in [4.78, 5) is 0.361. The molecule has 0 aromatic heterocycles. The molecule has 0 atom stereocenters. The van der Waals surface area contributed by atoms with Crippen molar-refractivity contribution in [3.63, 3.8) is 0 Å². The summed E-state index contributed by atoms with van der Waals surface area (Å²) >= 11 is 0. The normalized spacial score (nSPS) is 11.5. The Hall–Kier alpha value is -1.85. The second-order valence-electron chi connectivity index (χ2n) is 5.97. The first-order valence-electron chi connectivity index (χ1n) is 8.12. The minimum Gasteiger partial charge on any atom is -0.492 e. The van der Waals surface area contributed by atoms with Crippen molar-refractivity contribution in [1.82, 2.24) is 4.72 Å². The van der Waals surface area contributed by atoms with Crippen molar-refractivity contribution in [2.75, 3.05) is 13.2 Å². The molecule has 0 bridgehead atoms. The molecule has 0 amide bonds. The fourth-order valence-electron chi connectivity index (χ4n) is 2.83. The zero-order valence-corrected chi connectivity index (χ0v) is 15.5. The van der Waals surface area contributed by atoms with E-state index in [2.05, 4.69) is 11.6 Å². The van der Waals surface area contributed by atoms with Crippen LogP contribution in [0.1, 0.15) is 29.2 Å². The molecule has 24 heavy (non-hydrogen) atoms. The Labute approximate surface area is 144 Å². The van der Waals surface area contributed by atoms with Crippen LogP contribution in [0.2, 0.25) is 0 Å². The van der Waals surface area contributed by atoms with Crippen molar-refractivity contribution in [1.29, 1.82) is 0 Å². The average Bonchev–Trinajstić information content (AvgIpc) is 2.51. The van der Waals surface area contributed by atoms with Gasteiger partial charge in [-0.25, -0.2) is 13.1 Å². The quantitative estimate of drug-likeness (QED) is 0.780. The molecule has 0 saturated heterocycles. The topological polar surface area (TPSA) is 55.4 Å². The second kappa shape index (κ2) is 7.81. The van der Waals surface area contributed by atoms with Crippen LogP contribution in [-0.2, 0) is 16.4 Å². The Morgan fingerprint density at radius 2 is 1.58 bits per heavy atom. The highest BCUT2D eigenvalue weighted by Gasteiger charge is 2.19. The van der Waals surface area contributed by atoms with Gasteiger partial charge in [-0.15, -0.1) is 0 Å². The molecule has 0 radical (unpaired) electrons. The Morgan fingerprint density at radius 1 is 1.00 bits per heavy atom. The van der Waals surface area contributed by atoms with E-state index in [1.807, 2.05) is 57.2 Å². The zero-order chi connectivity index (χ0) is 17.7. The van der Waals surface area contributed by atoms with Crippen LogP contribution in [0.5, 0.6) is 5.75 Å². The standard InChI is InChI=1S/C19H25NO3S/c1-5-17-6-8-18(9-7-17)23-11-10-20-24(21,22)19-15(3)12-14(2)13-16(19)4/h6-9,12-13,20H,5,10-11H2,1-4H3. The van der Waals surface area contributed by atoms with Crippen molar-refractivity contribution in [3.05, 3.63) is 58.7 Å². The molecule has 2 aromatic rings. The van der Waals surface area contributed by atoms with Crippen LogP contribution in [0.15, 0.2) is 41.3 Å². The summed E-state index contributed by atoms with van der Waals surface area (Å²) in [6.07, 6.45) is 0.981. The molecule has 0 heterocycles. The zero-order valence-electron chi connectivity index (χ0n) is 14.7. The van der Waals surface area contributed by atoms with Gasteiger partial charge in [0, 0.05) is 6.54 Å². The van der Waals surface area contributed by atoms with Gasteiger partial charge in [0.2, 0.25) is 10.0 Å². The van der Waals surface area contributed by atoms with Gasteiger partial charge in [0.25, 0.3) is 0 Å². The van der Waals surface area contributed by atoms with Gasteiger partial charge in [0.1, 0.15) is 12.4 Å². The highest BCUT2D eigenvalue weighted by atomic mass is 32.2. The van der Waals surface area contributed by atoms with Gasteiger partial charge in [-0.1, -0.05) is 36.8 Å². The van der Waals surface area contributed by atoms with Crippen LogP contribution < -0.4 is 9.46 Å². The maximum atomic E-state index is 12.5. The van der Waals surface area contributed by atoms with Crippen molar-refractivity contribution in [3.8, 4) is 5.75 Å². The third-order valence-electron chi connectivity index (χ3n) is 3.87. The number of nitrogens with one attached hydrogen (secondary N) is 1. The van der Waals surface area contributed by atoms with E-state index in [1.165, 1.54) is 5.56 Å². The van der Waals surface area contributed by atoms with E-state index in [9.17, 15) is 8.42 Å². The van der Waals surface area contributed by atoms with Gasteiger partial charge in [0.05, 0.1) is 4.90 Å². The smallest absolute Gasteiger partial charge is 0.241 e. The first kappa shape index (κ1) is 18.5. The SMILES string of the molecule is CCc1ccc(OCCNS(=O)(=O)c2c(C)cc(C)cc2C)cc1. The summed E-state index contributed by atoms with van der Waals surface area (Å²) in [6.45, 7) is 8.21. The molecule has 0 aliphatic heterocycles. The summed E-state index contributed by atoms with van der Waals surface area (Å²) in [7, 11) is -3.53. The van der Waals surface area contributed by atoms with Gasteiger partial charge in [-0.05, 0) is 56.0 Å². The average molecular weight is 347 g/mol. The lowest BCUT2D eigenvalue weighted by Gasteiger charge is -2.13. The molecule has 4 nitrogen and oxygen atoms in total. The molecule has 130 valence electrons. The third kappa shape index (κ3) is 4.58. The van der Waals surface area contributed by atoms with Crippen molar-refractivity contribution in [2.24, 2.45) is 0 Å². The van der Waals surface area contributed by atoms with Crippen LogP contribution in [0.4, 0.5) is 0 Å². The lowest BCUT2D eigenvalue weighted by Crippen LogP contribution is -2.29. The van der Waals surface area contributed by atoms with E-state index in [-0.39, 0.29) is 13.2 Å². The molecule has 2 aromatic carbocycles. The van der Waals surface area contributed by atoms with Crippen LogP contribution in [0.25, 0.3) is 0 Å². The molecule has 0 spiro atoms. The Bertz CT molecular complexity index is 773. The summed E-state index contributed by atoms with van der Waals surface area (Å²) in [5.74, 6) is 0.745. The maximum absolute atomic E-state index is 12.5. The largest absolute Gasteiger partial charge is 0.492 e. The first-order valence-corrected chi connectivity index (χ1v) is 9.61. The van der Waals surface area contributed by atoms with Crippen LogP contribution in [0, 0.1) is 20.8 Å². The predicted molar refractivity (Wildman–Crippen MR) is 97.2 cm³/mol. The molecular weight excluding hydrogens is 322 g/mol. The summed E-state index contributed by atoms with van der Waals surface area (Å²) in [6, 6.07) is 11.6. The lowest BCUT2D eigenvalue weighted by atomic mass is 10.1. The lowest BCUT2D eigenvalue weighted by molar-refractivity contribution is 0.322. The van der Waals surface area contributed by atoms with Crippen LogP contribution in [0.3, 0.4) is 0 Å². The molecule has 0 saturated carbocycles. The third-order valence-corrected chi connectivity index (χ3v) is 5.63. The number of hydrogen-bond acceptors (Lipinski definition) is 3. The highest BCUT2D eigenvalue weighted by Crippen LogP contribution is 2.21. The highest BCUT2D eigenvalue weighted by molar-refractivity contribution is 7.89. The number of aryl methyl sites for hydroxylation is 4. The minimum absolute atomic E-state index is 0.227. The Balaban J connectivity index is 1.96. The second-order valence-corrected chi connectivity index (χ2v) is 7.68. The van der Waals surface area contributed by atoms with E-state index < -0.39 is 10.0 Å². The fourth-order valence-corrected chi connectivity index (χ4v) is 4.29. The predicted octanol–water partition coefficient (Wildman–Crippen LogP) is 3.53. The number of ether oxygens (including phenoxy) is 1. The minimum atomic E-state index is -3.53. The van der Waals surface area contributed by atoms with Gasteiger partial charge >= 0.3 is 0 Å². The number of rotatable bonds is 7. The van der Waals surface area contributed by atoms with E-state index in [1.54, 1.807) is 0 Å². The molecule has 0 fully saturated rings. The number of hydrogen-bond donors (Lipinski definition) is 1. The molecule has 1 N–H and O–H groups in total. The van der Waals surface area contributed by atoms with Crippen molar-refractivity contribution >= 4 is 10.0 Å². The van der Waals surface area contributed by atoms with Crippen LogP contribution in [-0.4, -0.2) is 21.6 Å². The molecule has 2 rings (SSSR count). The molecule has 0 unspecified atom stereocenters. The van der Waals surface area contributed by atoms with Crippen molar-refractivity contribution < 1.29 is 13.2 Å². The van der Waals surface area contributed by atoms with Gasteiger partial charge in [-0.3, -0.25) is 0 Å². The van der Waals surface area contributed by atoms with Crippen molar-refractivity contribution in [2.45, 2.75) is 39.0 Å². The summed E-state index contributed by atoms with van der Waals surface area (Å²) < 4.78 is 33.2. The number of sulfonamides is 1. The van der Waals surface area contributed by atoms with E-state index in [0.717, 1.165) is 28.9 Å². The van der Waals surface area contributed by atoms with Gasteiger partial charge in [-0.2, -0.15) is 0 Å². The van der Waals surface area contributed by atoms with E-state index in [4.69, 9.17) is 4.74 Å². The monoisotopic (exact) mass is 347 g/mol. The molecular formula is C19H25NO3S. The van der Waals surface area contributed by atoms with Crippen LogP contribution >= 0.6 is 0 Å². The molecule has 0 aliphatic rings. The number of benzene rings is 2. The summed E-state index contributed by atoms with van der Waals surface area (Å²) in [5, 5.41) is 0. The summed E-state index contributed by atoms with van der Waals surface area (Å²) in [5.41, 5.74) is 3.82. The maximum Gasteiger partial charge on any atom is 0.241 e. The Kier molecular flexibility index (Phi) is 6.02. The Morgan fingerprint density at radius 3 is 2.12 bits per heavy atom. The van der Waals surface area contributed by atoms with E-state index in [0.29, 0.717) is 4.90 Å². The first-order chi connectivity index (χ1) is 11.3. The van der Waals surface area contributed by atoms with Gasteiger partial charge in [0.15, 0.2) is 0 Å². The van der Waals surface area contributed by atoms with Gasteiger partial charge < -0.3 is 4.74 Å².